The van der Waals surface area contributed by atoms with Crippen molar-refractivity contribution < 1.29 is 43.8 Å². The van der Waals surface area contributed by atoms with E-state index in [-0.39, 0.29) is 121 Å². The van der Waals surface area contributed by atoms with E-state index >= 15 is 0 Å². The third kappa shape index (κ3) is 248. The predicted molar refractivity (Wildman–Crippen MR) is 58.7 cm³/mol. The van der Waals surface area contributed by atoms with Crippen molar-refractivity contribution >= 4 is 77.5 Å². The summed E-state index contributed by atoms with van der Waals surface area (Å²) in [6, 6.07) is 0. The van der Waals surface area contributed by atoms with Gasteiger partial charge in [-0.25, -0.2) is 0 Å². The van der Waals surface area contributed by atoms with E-state index in [0.29, 0.717) is 0 Å². The van der Waals surface area contributed by atoms with E-state index < -0.39 is 0 Å². The van der Waals surface area contributed by atoms with Crippen molar-refractivity contribution in [1.82, 2.24) is 0 Å². The molecular formula is H25In3O8. The first-order valence-corrected chi connectivity index (χ1v) is 0. The van der Waals surface area contributed by atoms with E-state index in [1.165, 1.54) is 0 Å². The molecule has 0 unspecified atom stereocenters. The van der Waals surface area contributed by atoms with Gasteiger partial charge in [-0.15, -0.1) is 0 Å². The van der Waals surface area contributed by atoms with Gasteiger partial charge >= 0.3 is 77.5 Å². The molecule has 0 spiro atoms. The van der Waals surface area contributed by atoms with Crippen LogP contribution >= 0.6 is 0 Å². The summed E-state index contributed by atoms with van der Waals surface area (Å²) in [6.07, 6.45) is 0. The zero-order valence-corrected chi connectivity index (χ0v) is 4.00. The van der Waals surface area contributed by atoms with Gasteiger partial charge in [0, 0.05) is 0 Å². The van der Waals surface area contributed by atoms with E-state index in [2.05, 4.69) is 0 Å². The molecule has 11 heavy (non-hydrogen) atoms. The summed E-state index contributed by atoms with van der Waals surface area (Å²) in [6.45, 7) is 0. The van der Waals surface area contributed by atoms with Crippen LogP contribution in [-0.2, 0) is 0 Å². The first kappa shape index (κ1) is 383. The van der Waals surface area contributed by atoms with Gasteiger partial charge in [0.05, 0.1) is 0 Å². The fourth-order valence-electron chi connectivity index (χ4n) is 0. The molecule has 0 saturated carbocycles. The molecule has 0 aliphatic rings. The number of rotatable bonds is 0. The molecule has 8 nitrogen and oxygen atoms in total. The van der Waals surface area contributed by atoms with Gasteiger partial charge in [-0.2, -0.15) is 0 Å². The van der Waals surface area contributed by atoms with E-state index in [9.17, 15) is 0 Å². The van der Waals surface area contributed by atoms with Gasteiger partial charge in [0.1, 0.15) is 0 Å². The van der Waals surface area contributed by atoms with Gasteiger partial charge in [-0.05, 0) is 0 Å². The molecule has 0 rings (SSSR count). The summed E-state index contributed by atoms with van der Waals surface area (Å²) in [5, 5.41) is 0. The van der Waals surface area contributed by atoms with Crippen molar-refractivity contribution in [2.24, 2.45) is 0 Å². The van der Waals surface area contributed by atoms with Crippen LogP contribution in [0.2, 0.25) is 0 Å². The average Bonchev–Trinajstić information content (AvgIpc) is 0. The molecule has 0 saturated heterocycles. The normalized spacial score (nSPS) is 0. The number of hydrogen-bond acceptors (Lipinski definition) is 0. The molecule has 0 fully saturated rings. The third-order valence-electron chi connectivity index (χ3n) is 0. The van der Waals surface area contributed by atoms with E-state index in [1.807, 2.05) is 0 Å². The molecule has 0 aliphatic heterocycles. The quantitative estimate of drug-likeness (QED) is 0.302. The molecule has 82 valence electrons. The summed E-state index contributed by atoms with van der Waals surface area (Å²) >= 11 is 0. The molecule has 0 aliphatic carbocycles. The molecule has 0 amide bonds. The van der Waals surface area contributed by atoms with Gasteiger partial charge in [0.25, 0.3) is 0 Å². The van der Waals surface area contributed by atoms with Crippen LogP contribution in [0.15, 0.2) is 0 Å². The molecule has 11 heteroatoms. The van der Waals surface area contributed by atoms with Crippen LogP contribution < -0.4 is 0 Å². The van der Waals surface area contributed by atoms with E-state index in [4.69, 9.17) is 0 Å². The standard InChI is InChI=1S/3In.8H2O.9H/h;;;8*1H2;;;;;;;;;. The topological polar surface area (TPSA) is 252 Å². The van der Waals surface area contributed by atoms with Gasteiger partial charge in [0.15, 0.2) is 0 Å². The van der Waals surface area contributed by atoms with Crippen molar-refractivity contribution in [1.29, 1.82) is 0 Å². The van der Waals surface area contributed by atoms with Crippen LogP contribution in [-0.4, -0.2) is 121 Å². The van der Waals surface area contributed by atoms with Crippen molar-refractivity contribution in [3.63, 3.8) is 0 Å². The van der Waals surface area contributed by atoms with Gasteiger partial charge in [-0.1, -0.05) is 0 Å². The summed E-state index contributed by atoms with van der Waals surface area (Å²) < 4.78 is 0. The molecule has 16 N–H and O–H groups in total. The maximum atomic E-state index is 0. The Bertz CT molecular complexity index is 9.30. The summed E-state index contributed by atoms with van der Waals surface area (Å²) in [5.41, 5.74) is 0. The van der Waals surface area contributed by atoms with Crippen LogP contribution in [0.4, 0.5) is 0 Å². The molecular weight excluding hydrogens is 472 g/mol. The molecule has 0 aromatic heterocycles. The molecule has 0 radical (unpaired) electrons. The van der Waals surface area contributed by atoms with Gasteiger partial charge < -0.3 is 43.8 Å². The Hall–Kier alpha value is 2.29. The first-order valence-electron chi connectivity index (χ1n) is 0. The third-order valence-corrected chi connectivity index (χ3v) is 0. The Morgan fingerprint density at radius 1 is 0.182 bits per heavy atom. The van der Waals surface area contributed by atoms with Gasteiger partial charge in [-0.3, -0.25) is 0 Å². The predicted octanol–water partition coefficient (Wildman–Crippen LogP) is -10.1. The Balaban J connectivity index is 0. The van der Waals surface area contributed by atoms with Crippen LogP contribution in [0.5, 0.6) is 0 Å². The van der Waals surface area contributed by atoms with Crippen molar-refractivity contribution in [2.45, 2.75) is 0 Å². The van der Waals surface area contributed by atoms with Gasteiger partial charge in [0.2, 0.25) is 0 Å². The monoisotopic (exact) mass is 498 g/mol. The second-order valence-corrected chi connectivity index (χ2v) is 0. The SMILES string of the molecule is O.O.O.O.O.O.O.O.[InH3].[InH3].[InH3]. The summed E-state index contributed by atoms with van der Waals surface area (Å²) in [7, 11) is 0. The van der Waals surface area contributed by atoms with Crippen LogP contribution in [0.1, 0.15) is 0 Å². The zero-order valence-electron chi connectivity index (χ0n) is 4.00. The summed E-state index contributed by atoms with van der Waals surface area (Å²) in [4.78, 5) is 0. The van der Waals surface area contributed by atoms with Crippen LogP contribution in [0.25, 0.3) is 0 Å². The molecule has 0 bridgehead atoms. The van der Waals surface area contributed by atoms with Crippen molar-refractivity contribution in [3.05, 3.63) is 0 Å². The van der Waals surface area contributed by atoms with E-state index in [1.54, 1.807) is 0 Å². The molecule has 0 atom stereocenters. The first-order chi connectivity index (χ1) is 0. The minimum atomic E-state index is 0. The number of hydrogen-bond donors (Lipinski definition) is 0. The molecule has 0 heterocycles. The molecule has 0 aromatic carbocycles. The van der Waals surface area contributed by atoms with Crippen LogP contribution in [0.3, 0.4) is 0 Å². The second kappa shape index (κ2) is 299. The second-order valence-electron chi connectivity index (χ2n) is 0. The summed E-state index contributed by atoms with van der Waals surface area (Å²) in [5.74, 6) is 0. The maximum absolute atomic E-state index is 0. The minimum absolute atomic E-state index is 0. The molecule has 0 aromatic rings. The van der Waals surface area contributed by atoms with Crippen molar-refractivity contribution in [2.75, 3.05) is 0 Å². The Morgan fingerprint density at radius 3 is 0.182 bits per heavy atom. The Labute approximate surface area is 120 Å². The fraction of sp³-hybridized carbons (Fsp3) is 0. The van der Waals surface area contributed by atoms with E-state index in [0.717, 1.165) is 0 Å². The zero-order chi connectivity index (χ0) is 0. The average molecular weight is 498 g/mol. The Morgan fingerprint density at radius 2 is 0.182 bits per heavy atom. The van der Waals surface area contributed by atoms with Crippen molar-refractivity contribution in [3.8, 4) is 0 Å². The van der Waals surface area contributed by atoms with Crippen LogP contribution in [0, 0.1) is 0 Å². The Kier molecular flexibility index (Phi) is 10400. The fourth-order valence-corrected chi connectivity index (χ4v) is 0.